The van der Waals surface area contributed by atoms with Gasteiger partial charge in [-0.1, -0.05) is 29.8 Å². The Labute approximate surface area is 115 Å². The average Bonchev–Trinajstić information content (AvgIpc) is 2.76. The third-order valence-electron chi connectivity index (χ3n) is 2.34. The minimum atomic E-state index is -0.213. The quantitative estimate of drug-likeness (QED) is 0.708. The third kappa shape index (κ3) is 2.95. The highest BCUT2D eigenvalue weighted by atomic mass is 35.5. The summed E-state index contributed by atoms with van der Waals surface area (Å²) in [5.41, 5.74) is 0.981. The topological polar surface area (TPSA) is 9.23 Å². The molecule has 1 nitrogen and oxygen atoms in total. The molecule has 0 spiro atoms. The molecular formula is C13H12Cl2OS. The fourth-order valence-corrected chi connectivity index (χ4v) is 3.04. The molecule has 1 aromatic carbocycles. The number of halogens is 2. The summed E-state index contributed by atoms with van der Waals surface area (Å²) in [4.78, 5) is 1.03. The molecule has 0 aliphatic carbocycles. The second kappa shape index (κ2) is 5.76. The van der Waals surface area contributed by atoms with Crippen molar-refractivity contribution in [3.63, 3.8) is 0 Å². The van der Waals surface area contributed by atoms with Crippen molar-refractivity contribution in [1.82, 2.24) is 0 Å². The Hall–Kier alpha value is -0.700. The maximum absolute atomic E-state index is 6.46. The van der Waals surface area contributed by atoms with Crippen LogP contribution in [0.5, 0.6) is 5.75 Å². The maximum atomic E-state index is 6.46. The molecule has 0 amide bonds. The van der Waals surface area contributed by atoms with Crippen LogP contribution >= 0.6 is 34.5 Å². The van der Waals surface area contributed by atoms with Crippen LogP contribution in [0, 0.1) is 0 Å². The van der Waals surface area contributed by atoms with Crippen molar-refractivity contribution in [1.29, 1.82) is 0 Å². The summed E-state index contributed by atoms with van der Waals surface area (Å²) in [7, 11) is 0. The second-order valence-corrected chi connectivity index (χ2v) is 5.66. The Morgan fingerprint density at radius 1 is 1.24 bits per heavy atom. The SMILES string of the molecule is CCOc1ccccc1C(Cl)c1ccc(Cl)s1. The fraction of sp³-hybridized carbons (Fsp3) is 0.231. The number of hydrogen-bond donors (Lipinski definition) is 0. The lowest BCUT2D eigenvalue weighted by molar-refractivity contribution is 0.337. The molecule has 1 atom stereocenters. The van der Waals surface area contributed by atoms with Crippen molar-refractivity contribution >= 4 is 34.5 Å². The monoisotopic (exact) mass is 286 g/mol. The van der Waals surface area contributed by atoms with E-state index in [0.29, 0.717) is 6.61 Å². The molecule has 1 aromatic heterocycles. The molecular weight excluding hydrogens is 275 g/mol. The Kier molecular flexibility index (Phi) is 4.32. The summed E-state index contributed by atoms with van der Waals surface area (Å²) in [6, 6.07) is 11.6. The molecule has 0 bridgehead atoms. The van der Waals surface area contributed by atoms with Crippen LogP contribution in [0.15, 0.2) is 36.4 Å². The van der Waals surface area contributed by atoms with Crippen LogP contribution in [0.1, 0.15) is 22.7 Å². The van der Waals surface area contributed by atoms with E-state index in [-0.39, 0.29) is 5.38 Å². The van der Waals surface area contributed by atoms with E-state index in [1.54, 1.807) is 0 Å². The summed E-state index contributed by atoms with van der Waals surface area (Å²) in [6.07, 6.45) is 0. The average molecular weight is 287 g/mol. The van der Waals surface area contributed by atoms with Crippen molar-refractivity contribution in [3.8, 4) is 5.75 Å². The van der Waals surface area contributed by atoms with E-state index in [1.165, 1.54) is 11.3 Å². The van der Waals surface area contributed by atoms with Gasteiger partial charge in [-0.2, -0.15) is 0 Å². The molecule has 2 rings (SSSR count). The highest BCUT2D eigenvalue weighted by Crippen LogP contribution is 2.39. The van der Waals surface area contributed by atoms with Gasteiger partial charge in [-0.25, -0.2) is 0 Å². The first-order valence-electron chi connectivity index (χ1n) is 5.33. The number of thiophene rings is 1. The van der Waals surface area contributed by atoms with E-state index in [1.807, 2.05) is 43.3 Å². The normalized spacial score (nSPS) is 12.4. The number of ether oxygens (including phenoxy) is 1. The van der Waals surface area contributed by atoms with Gasteiger partial charge in [-0.05, 0) is 25.1 Å². The summed E-state index contributed by atoms with van der Waals surface area (Å²) in [5, 5.41) is -0.213. The second-order valence-electron chi connectivity index (χ2n) is 3.48. The van der Waals surface area contributed by atoms with Crippen LogP contribution in [0.25, 0.3) is 0 Å². The lowest BCUT2D eigenvalue weighted by Gasteiger charge is -2.13. The summed E-state index contributed by atoms with van der Waals surface area (Å²) in [6.45, 7) is 2.59. The summed E-state index contributed by atoms with van der Waals surface area (Å²) < 4.78 is 6.32. The zero-order valence-electron chi connectivity index (χ0n) is 9.32. The predicted molar refractivity (Wildman–Crippen MR) is 74.6 cm³/mol. The lowest BCUT2D eigenvalue weighted by atomic mass is 10.1. The molecule has 4 heteroatoms. The Morgan fingerprint density at radius 3 is 2.65 bits per heavy atom. The van der Waals surface area contributed by atoms with Gasteiger partial charge in [0.25, 0.3) is 0 Å². The van der Waals surface area contributed by atoms with E-state index in [9.17, 15) is 0 Å². The van der Waals surface area contributed by atoms with Gasteiger partial charge < -0.3 is 4.74 Å². The molecule has 0 aliphatic heterocycles. The van der Waals surface area contributed by atoms with Crippen molar-refractivity contribution in [2.75, 3.05) is 6.61 Å². The number of rotatable bonds is 4. The van der Waals surface area contributed by atoms with Crippen LogP contribution < -0.4 is 4.74 Å². The van der Waals surface area contributed by atoms with Gasteiger partial charge in [0.1, 0.15) is 5.75 Å². The minimum Gasteiger partial charge on any atom is -0.494 e. The molecule has 90 valence electrons. The lowest BCUT2D eigenvalue weighted by Crippen LogP contribution is -1.98. The Bertz CT molecular complexity index is 496. The van der Waals surface area contributed by atoms with Crippen molar-refractivity contribution in [2.45, 2.75) is 12.3 Å². The number of alkyl halides is 1. The molecule has 1 unspecified atom stereocenters. The molecule has 0 radical (unpaired) electrons. The van der Waals surface area contributed by atoms with Gasteiger partial charge in [0.15, 0.2) is 0 Å². The molecule has 2 aromatic rings. The Morgan fingerprint density at radius 2 is 2.00 bits per heavy atom. The minimum absolute atomic E-state index is 0.213. The zero-order chi connectivity index (χ0) is 12.3. The van der Waals surface area contributed by atoms with E-state index < -0.39 is 0 Å². The van der Waals surface area contributed by atoms with Crippen molar-refractivity contribution in [2.24, 2.45) is 0 Å². The predicted octanol–water partition coefficient (Wildman–Crippen LogP) is 5.13. The zero-order valence-corrected chi connectivity index (χ0v) is 11.6. The highest BCUT2D eigenvalue weighted by molar-refractivity contribution is 7.16. The fourth-order valence-electron chi connectivity index (χ4n) is 1.59. The van der Waals surface area contributed by atoms with E-state index in [4.69, 9.17) is 27.9 Å². The van der Waals surface area contributed by atoms with Crippen LogP contribution in [-0.4, -0.2) is 6.61 Å². The molecule has 0 N–H and O–H groups in total. The molecule has 17 heavy (non-hydrogen) atoms. The van der Waals surface area contributed by atoms with E-state index >= 15 is 0 Å². The molecule has 1 heterocycles. The van der Waals surface area contributed by atoms with E-state index in [0.717, 1.165) is 20.5 Å². The first kappa shape index (κ1) is 12.7. The Balaban J connectivity index is 2.33. The van der Waals surface area contributed by atoms with Crippen LogP contribution in [0.2, 0.25) is 4.34 Å². The molecule has 0 saturated carbocycles. The van der Waals surface area contributed by atoms with Crippen LogP contribution in [0.4, 0.5) is 0 Å². The van der Waals surface area contributed by atoms with Gasteiger partial charge in [-0.3, -0.25) is 0 Å². The van der Waals surface area contributed by atoms with Crippen LogP contribution in [0.3, 0.4) is 0 Å². The van der Waals surface area contributed by atoms with Crippen molar-refractivity contribution < 1.29 is 4.74 Å². The van der Waals surface area contributed by atoms with Gasteiger partial charge in [-0.15, -0.1) is 22.9 Å². The van der Waals surface area contributed by atoms with Gasteiger partial charge in [0.05, 0.1) is 16.3 Å². The highest BCUT2D eigenvalue weighted by Gasteiger charge is 2.17. The molecule has 0 fully saturated rings. The molecule has 0 saturated heterocycles. The van der Waals surface area contributed by atoms with Crippen LogP contribution in [-0.2, 0) is 0 Å². The maximum Gasteiger partial charge on any atom is 0.124 e. The largest absolute Gasteiger partial charge is 0.494 e. The van der Waals surface area contributed by atoms with E-state index in [2.05, 4.69) is 0 Å². The van der Waals surface area contributed by atoms with Gasteiger partial charge in [0, 0.05) is 10.4 Å². The number of hydrogen-bond acceptors (Lipinski definition) is 2. The standard InChI is InChI=1S/C13H12Cl2OS/c1-2-16-10-6-4-3-5-9(10)13(15)11-7-8-12(14)17-11/h3-8,13H,2H2,1H3. The smallest absolute Gasteiger partial charge is 0.124 e. The summed E-state index contributed by atoms with van der Waals surface area (Å²) in [5.74, 6) is 0.833. The number of para-hydroxylation sites is 1. The third-order valence-corrected chi connectivity index (χ3v) is 4.23. The summed E-state index contributed by atoms with van der Waals surface area (Å²) >= 11 is 13.9. The molecule has 0 aliphatic rings. The van der Waals surface area contributed by atoms with Crippen molar-refractivity contribution in [3.05, 3.63) is 51.2 Å². The van der Waals surface area contributed by atoms with Gasteiger partial charge in [0.2, 0.25) is 0 Å². The van der Waals surface area contributed by atoms with Gasteiger partial charge >= 0.3 is 0 Å². The first-order chi connectivity index (χ1) is 8.22. The number of benzene rings is 1. The first-order valence-corrected chi connectivity index (χ1v) is 6.96.